The molecule has 1 aliphatic rings. The van der Waals surface area contributed by atoms with Crippen LogP contribution in [0.15, 0.2) is 54.2 Å². The van der Waals surface area contributed by atoms with E-state index in [0.29, 0.717) is 16.5 Å². The van der Waals surface area contributed by atoms with Crippen molar-refractivity contribution in [2.45, 2.75) is 20.4 Å². The van der Waals surface area contributed by atoms with Crippen molar-refractivity contribution in [1.29, 1.82) is 0 Å². The molecule has 2 aromatic carbocycles. The number of carbonyl (C=O) groups is 2. The van der Waals surface area contributed by atoms with Crippen LogP contribution in [0.2, 0.25) is 5.02 Å². The molecule has 1 saturated heterocycles. The normalized spacial score (nSPS) is 14.6. The molecule has 3 amide bonds. The van der Waals surface area contributed by atoms with E-state index < -0.39 is 16.9 Å². The third-order valence-electron chi connectivity index (χ3n) is 5.60. The first-order valence-corrected chi connectivity index (χ1v) is 10.7. The van der Waals surface area contributed by atoms with Gasteiger partial charge in [0.2, 0.25) is 0 Å². The summed E-state index contributed by atoms with van der Waals surface area (Å²) in [4.78, 5) is 37.1. The fourth-order valence-electron chi connectivity index (χ4n) is 3.91. The van der Waals surface area contributed by atoms with Gasteiger partial charge in [-0.05, 0) is 55.3 Å². The molecule has 0 unspecified atom stereocenters. The van der Waals surface area contributed by atoms with Gasteiger partial charge in [-0.15, -0.1) is 0 Å². The first kappa shape index (κ1) is 23.1. The van der Waals surface area contributed by atoms with Crippen molar-refractivity contribution in [1.82, 2.24) is 14.8 Å². The van der Waals surface area contributed by atoms with Gasteiger partial charge in [-0.25, -0.2) is 4.79 Å². The van der Waals surface area contributed by atoms with Crippen molar-refractivity contribution >= 4 is 35.3 Å². The summed E-state index contributed by atoms with van der Waals surface area (Å²) in [5.41, 5.74) is 3.80. The molecular formula is C24H21ClN4O5. The lowest BCUT2D eigenvalue weighted by atomic mass is 10.2. The molecule has 0 bridgehead atoms. The minimum atomic E-state index is -0.503. The molecule has 1 aromatic heterocycles. The molecule has 0 aliphatic carbocycles. The number of nitro benzene ring substituents is 1. The number of aromatic nitrogens is 1. The van der Waals surface area contributed by atoms with Crippen molar-refractivity contribution in [2.75, 3.05) is 7.11 Å². The first-order valence-electron chi connectivity index (χ1n) is 10.3. The number of non-ortho nitro benzene ring substituents is 1. The van der Waals surface area contributed by atoms with Gasteiger partial charge >= 0.3 is 6.03 Å². The predicted molar refractivity (Wildman–Crippen MR) is 127 cm³/mol. The van der Waals surface area contributed by atoms with Gasteiger partial charge < -0.3 is 14.6 Å². The van der Waals surface area contributed by atoms with Gasteiger partial charge in [-0.1, -0.05) is 23.7 Å². The van der Waals surface area contributed by atoms with Crippen molar-refractivity contribution in [2.24, 2.45) is 0 Å². The SMILES string of the molecule is COc1cc([N+](=O)[O-])ccc1-n1c(C)cc(/C=C2\NC(=O)N(Cc3ccc(Cl)cc3)C2=O)c1C. The molecule has 4 rings (SSSR count). The average Bonchev–Trinajstić information content (AvgIpc) is 3.23. The minimum absolute atomic E-state index is 0.0783. The van der Waals surface area contributed by atoms with Gasteiger partial charge in [-0.3, -0.25) is 19.8 Å². The van der Waals surface area contributed by atoms with Gasteiger partial charge in [0, 0.05) is 22.5 Å². The number of hydrogen-bond acceptors (Lipinski definition) is 5. The maximum absolute atomic E-state index is 12.9. The molecule has 9 nitrogen and oxygen atoms in total. The number of amides is 3. The zero-order chi connectivity index (χ0) is 24.6. The molecule has 1 aliphatic heterocycles. The Morgan fingerprint density at radius 2 is 1.82 bits per heavy atom. The number of urea groups is 1. The summed E-state index contributed by atoms with van der Waals surface area (Å²) >= 11 is 5.90. The first-order chi connectivity index (χ1) is 16.2. The Bertz CT molecular complexity index is 1340. The van der Waals surface area contributed by atoms with E-state index in [9.17, 15) is 19.7 Å². The summed E-state index contributed by atoms with van der Waals surface area (Å²) in [6.07, 6.45) is 1.62. The number of ether oxygens (including phenoxy) is 1. The smallest absolute Gasteiger partial charge is 0.329 e. The largest absolute Gasteiger partial charge is 0.494 e. The maximum Gasteiger partial charge on any atom is 0.329 e. The zero-order valence-corrected chi connectivity index (χ0v) is 19.4. The molecule has 0 saturated carbocycles. The average molecular weight is 481 g/mol. The van der Waals surface area contributed by atoms with Crippen molar-refractivity contribution in [3.63, 3.8) is 0 Å². The topological polar surface area (TPSA) is 107 Å². The van der Waals surface area contributed by atoms with E-state index in [1.165, 1.54) is 19.2 Å². The van der Waals surface area contributed by atoms with Crippen LogP contribution in [-0.4, -0.2) is 33.4 Å². The van der Waals surface area contributed by atoms with Crippen LogP contribution < -0.4 is 10.1 Å². The van der Waals surface area contributed by atoms with E-state index in [0.717, 1.165) is 27.4 Å². The monoisotopic (exact) mass is 480 g/mol. The van der Waals surface area contributed by atoms with E-state index in [-0.39, 0.29) is 17.9 Å². The lowest BCUT2D eigenvalue weighted by molar-refractivity contribution is -0.384. The Balaban J connectivity index is 1.65. The fraction of sp³-hybridized carbons (Fsp3) is 0.167. The standard InChI is InChI=1S/C24H21ClN4O5/c1-14-10-17(15(2)28(14)21-9-8-19(29(32)33)12-22(21)34-3)11-20-23(30)27(24(31)26-20)13-16-4-6-18(25)7-5-16/h4-12H,13H2,1-3H3,(H,26,31)/b20-11-. The second-order valence-electron chi connectivity index (χ2n) is 7.78. The third kappa shape index (κ3) is 4.25. The number of carbonyl (C=O) groups excluding carboxylic acids is 2. The van der Waals surface area contributed by atoms with Crippen molar-refractivity contribution < 1.29 is 19.2 Å². The second kappa shape index (κ2) is 9.03. The molecule has 0 radical (unpaired) electrons. The van der Waals surface area contributed by atoms with Crippen LogP contribution in [0.1, 0.15) is 22.5 Å². The molecule has 1 N–H and O–H groups in total. The lowest BCUT2D eigenvalue weighted by Crippen LogP contribution is -2.30. The number of nitrogens with one attached hydrogen (secondary N) is 1. The van der Waals surface area contributed by atoms with Crippen LogP contribution in [0.5, 0.6) is 5.75 Å². The Morgan fingerprint density at radius 1 is 1.12 bits per heavy atom. The number of benzene rings is 2. The number of hydrogen-bond donors (Lipinski definition) is 1. The summed E-state index contributed by atoms with van der Waals surface area (Å²) in [6, 6.07) is 12.7. The molecule has 1 fully saturated rings. The molecule has 0 spiro atoms. The summed E-state index contributed by atoms with van der Waals surface area (Å²) in [6.45, 7) is 3.85. The van der Waals surface area contributed by atoms with Gasteiger partial charge in [0.15, 0.2) is 0 Å². The van der Waals surface area contributed by atoms with Crippen molar-refractivity contribution in [3.8, 4) is 11.4 Å². The summed E-state index contributed by atoms with van der Waals surface area (Å²) in [5.74, 6) is -0.0905. The lowest BCUT2D eigenvalue weighted by Gasteiger charge is -2.14. The number of nitro groups is 1. The van der Waals surface area contributed by atoms with Gasteiger partial charge in [0.25, 0.3) is 11.6 Å². The number of halogens is 1. The molecule has 0 atom stereocenters. The third-order valence-corrected chi connectivity index (χ3v) is 5.85. The molecule has 34 heavy (non-hydrogen) atoms. The van der Waals surface area contributed by atoms with E-state index in [1.807, 2.05) is 24.5 Å². The number of methoxy groups -OCH3 is 1. The zero-order valence-electron chi connectivity index (χ0n) is 18.7. The highest BCUT2D eigenvalue weighted by Gasteiger charge is 2.33. The van der Waals surface area contributed by atoms with E-state index in [1.54, 1.807) is 36.4 Å². The quantitative estimate of drug-likeness (QED) is 0.237. The summed E-state index contributed by atoms with van der Waals surface area (Å²) in [7, 11) is 1.45. The van der Waals surface area contributed by atoms with Crippen LogP contribution >= 0.6 is 11.6 Å². The molecule has 3 aromatic rings. The summed E-state index contributed by atoms with van der Waals surface area (Å²) in [5, 5.41) is 14.3. The van der Waals surface area contributed by atoms with Gasteiger partial charge in [0.1, 0.15) is 11.4 Å². The minimum Gasteiger partial charge on any atom is -0.494 e. The van der Waals surface area contributed by atoms with E-state index in [2.05, 4.69) is 5.32 Å². The highest BCUT2D eigenvalue weighted by Crippen LogP contribution is 2.32. The van der Waals surface area contributed by atoms with Crippen LogP contribution in [-0.2, 0) is 11.3 Å². The predicted octanol–water partition coefficient (Wildman–Crippen LogP) is 4.76. The Labute approximate surface area is 200 Å². The number of aryl methyl sites for hydroxylation is 1. The Morgan fingerprint density at radius 3 is 2.47 bits per heavy atom. The van der Waals surface area contributed by atoms with Gasteiger partial charge in [-0.2, -0.15) is 0 Å². The number of imide groups is 1. The Kier molecular flexibility index (Phi) is 6.12. The molecule has 174 valence electrons. The Hall–Kier alpha value is -4.11. The van der Waals surface area contributed by atoms with Crippen molar-refractivity contribution in [3.05, 3.63) is 91.9 Å². The highest BCUT2D eigenvalue weighted by atomic mass is 35.5. The molecular weight excluding hydrogens is 460 g/mol. The second-order valence-corrected chi connectivity index (χ2v) is 8.22. The van der Waals surface area contributed by atoms with Crippen LogP contribution in [0.3, 0.4) is 0 Å². The van der Waals surface area contributed by atoms with E-state index >= 15 is 0 Å². The number of rotatable bonds is 6. The molecule has 2 heterocycles. The molecule has 10 heteroatoms. The van der Waals surface area contributed by atoms with E-state index in [4.69, 9.17) is 16.3 Å². The number of nitrogens with zero attached hydrogens (tertiary/aromatic N) is 3. The van der Waals surface area contributed by atoms with Crippen LogP contribution in [0, 0.1) is 24.0 Å². The maximum atomic E-state index is 12.9. The van der Waals surface area contributed by atoms with Gasteiger partial charge in [0.05, 0.1) is 30.3 Å². The van der Waals surface area contributed by atoms with Crippen LogP contribution in [0.4, 0.5) is 10.5 Å². The highest BCUT2D eigenvalue weighted by molar-refractivity contribution is 6.30. The summed E-state index contributed by atoms with van der Waals surface area (Å²) < 4.78 is 7.26. The van der Waals surface area contributed by atoms with Crippen LogP contribution in [0.25, 0.3) is 11.8 Å². The fourth-order valence-corrected chi connectivity index (χ4v) is 4.04.